The Balaban J connectivity index is 2.08. The second-order valence-electron chi connectivity index (χ2n) is 9.63. The van der Waals surface area contributed by atoms with Gasteiger partial charge in [0.05, 0.1) is 34.8 Å². The molecule has 0 heterocycles. The highest BCUT2D eigenvalue weighted by Gasteiger charge is 2.33. The molecule has 12 heteroatoms. The van der Waals surface area contributed by atoms with Crippen LogP contribution in [0.2, 0.25) is 10.0 Å². The van der Waals surface area contributed by atoms with E-state index in [0.29, 0.717) is 22.8 Å². The highest BCUT2D eigenvalue weighted by atomic mass is 35.5. The van der Waals surface area contributed by atoms with Crippen molar-refractivity contribution in [1.29, 1.82) is 0 Å². The number of sulfonamides is 1. The molecule has 1 N–H and O–H groups in total. The second kappa shape index (κ2) is 14.6. The fourth-order valence-corrected chi connectivity index (χ4v) is 5.86. The van der Waals surface area contributed by atoms with Gasteiger partial charge in [-0.25, -0.2) is 8.42 Å². The van der Waals surface area contributed by atoms with Gasteiger partial charge < -0.3 is 19.7 Å². The number of benzene rings is 3. The number of methoxy groups -OCH3 is 2. The van der Waals surface area contributed by atoms with Crippen LogP contribution in [0.15, 0.2) is 71.6 Å². The highest BCUT2D eigenvalue weighted by Crippen LogP contribution is 2.34. The van der Waals surface area contributed by atoms with Crippen molar-refractivity contribution in [2.75, 3.05) is 25.1 Å². The summed E-state index contributed by atoms with van der Waals surface area (Å²) >= 11 is 12.3. The van der Waals surface area contributed by atoms with Crippen LogP contribution >= 0.6 is 23.2 Å². The van der Waals surface area contributed by atoms with Crippen LogP contribution in [-0.2, 0) is 26.2 Å². The van der Waals surface area contributed by atoms with Gasteiger partial charge in [0.2, 0.25) is 11.8 Å². The normalized spacial score (nSPS) is 12.6. The third-order valence-corrected chi connectivity index (χ3v) is 9.30. The molecule has 42 heavy (non-hydrogen) atoms. The lowest BCUT2D eigenvalue weighted by atomic mass is 10.1. The molecular formula is C30H35Cl2N3O6S. The Morgan fingerprint density at radius 2 is 1.57 bits per heavy atom. The van der Waals surface area contributed by atoms with Crippen molar-refractivity contribution in [2.45, 2.75) is 50.7 Å². The quantitative estimate of drug-likeness (QED) is 0.264. The number of ether oxygens (including phenoxy) is 2. The molecule has 0 aliphatic rings. The van der Waals surface area contributed by atoms with E-state index in [4.69, 9.17) is 32.7 Å². The minimum Gasteiger partial charge on any atom is -0.493 e. The highest BCUT2D eigenvalue weighted by molar-refractivity contribution is 7.92. The number of halogens is 2. The van der Waals surface area contributed by atoms with Crippen LogP contribution in [0.3, 0.4) is 0 Å². The minimum atomic E-state index is -4.23. The van der Waals surface area contributed by atoms with Crippen molar-refractivity contribution in [1.82, 2.24) is 10.2 Å². The standard InChI is InChI=1S/C30H35Cl2N3O6S/c1-6-20(2)33-30(37)21(3)34(18-22-12-14-25(31)26(32)16-22)29(36)19-35(42(38,39)24-10-8-7-9-11-24)23-13-15-27(40-4)28(17-23)41-5/h7-17,20-21H,6,18-19H2,1-5H3,(H,33,37)/t20-,21-/m1/s1. The zero-order valence-corrected chi connectivity index (χ0v) is 26.5. The molecule has 3 rings (SSSR count). The maximum atomic E-state index is 14.1. The van der Waals surface area contributed by atoms with E-state index < -0.39 is 28.5 Å². The fourth-order valence-electron chi connectivity index (χ4n) is 4.11. The SMILES string of the molecule is CC[C@@H](C)NC(=O)[C@@H](C)N(Cc1ccc(Cl)c(Cl)c1)C(=O)CN(c1ccc(OC)c(OC)c1)S(=O)(=O)c1ccccc1. The van der Waals surface area contributed by atoms with Crippen LogP contribution in [-0.4, -0.2) is 58.0 Å². The molecule has 0 saturated carbocycles. The summed E-state index contributed by atoms with van der Waals surface area (Å²) in [5, 5.41) is 3.53. The van der Waals surface area contributed by atoms with Crippen LogP contribution in [0, 0.1) is 0 Å². The number of anilines is 1. The Morgan fingerprint density at radius 3 is 2.17 bits per heavy atom. The topological polar surface area (TPSA) is 105 Å². The van der Waals surface area contributed by atoms with Crippen LogP contribution in [0.1, 0.15) is 32.8 Å². The molecule has 0 aliphatic carbocycles. The third kappa shape index (κ3) is 7.87. The molecule has 0 spiro atoms. The first-order valence-corrected chi connectivity index (χ1v) is 15.5. The molecule has 226 valence electrons. The number of carbonyl (C=O) groups is 2. The van der Waals surface area contributed by atoms with Gasteiger partial charge in [0.15, 0.2) is 11.5 Å². The molecule has 0 aliphatic heterocycles. The van der Waals surface area contributed by atoms with E-state index in [2.05, 4.69) is 5.32 Å². The predicted octanol–water partition coefficient (Wildman–Crippen LogP) is 5.54. The Kier molecular flexibility index (Phi) is 11.5. The van der Waals surface area contributed by atoms with Crippen molar-refractivity contribution in [3.8, 4) is 11.5 Å². The van der Waals surface area contributed by atoms with Gasteiger partial charge in [-0.3, -0.25) is 13.9 Å². The van der Waals surface area contributed by atoms with E-state index in [9.17, 15) is 18.0 Å². The summed E-state index contributed by atoms with van der Waals surface area (Å²) < 4.78 is 39.6. The van der Waals surface area contributed by atoms with Crippen molar-refractivity contribution >= 4 is 50.7 Å². The van der Waals surface area contributed by atoms with Gasteiger partial charge in [-0.2, -0.15) is 0 Å². The summed E-state index contributed by atoms with van der Waals surface area (Å²) in [4.78, 5) is 28.6. The van der Waals surface area contributed by atoms with Crippen molar-refractivity contribution in [2.24, 2.45) is 0 Å². The van der Waals surface area contributed by atoms with Crippen molar-refractivity contribution in [3.63, 3.8) is 0 Å². The number of nitrogens with zero attached hydrogens (tertiary/aromatic N) is 2. The maximum absolute atomic E-state index is 14.1. The summed E-state index contributed by atoms with van der Waals surface area (Å²) in [6.07, 6.45) is 0.696. The van der Waals surface area contributed by atoms with Gasteiger partial charge in [-0.1, -0.05) is 54.4 Å². The molecule has 3 aromatic rings. The summed E-state index contributed by atoms with van der Waals surface area (Å²) in [7, 11) is -1.34. The first-order valence-electron chi connectivity index (χ1n) is 13.3. The summed E-state index contributed by atoms with van der Waals surface area (Å²) in [5.41, 5.74) is 0.792. The number of amides is 2. The Hall–Kier alpha value is -3.47. The van der Waals surface area contributed by atoms with Gasteiger partial charge in [-0.15, -0.1) is 0 Å². The molecule has 2 atom stereocenters. The maximum Gasteiger partial charge on any atom is 0.264 e. The largest absolute Gasteiger partial charge is 0.493 e. The van der Waals surface area contributed by atoms with E-state index in [1.807, 2.05) is 13.8 Å². The van der Waals surface area contributed by atoms with Gasteiger partial charge in [0.25, 0.3) is 10.0 Å². The smallest absolute Gasteiger partial charge is 0.264 e. The number of carbonyl (C=O) groups excluding carboxylic acids is 2. The zero-order valence-electron chi connectivity index (χ0n) is 24.1. The first-order chi connectivity index (χ1) is 19.9. The lowest BCUT2D eigenvalue weighted by Crippen LogP contribution is -2.52. The Bertz CT molecular complexity index is 1500. The molecule has 0 unspecified atom stereocenters. The molecular weight excluding hydrogens is 601 g/mol. The third-order valence-electron chi connectivity index (χ3n) is 6.77. The summed E-state index contributed by atoms with van der Waals surface area (Å²) in [6.45, 7) is 4.77. The molecule has 0 fully saturated rings. The zero-order chi connectivity index (χ0) is 31.0. The predicted molar refractivity (Wildman–Crippen MR) is 165 cm³/mol. The van der Waals surface area contributed by atoms with Crippen LogP contribution in [0.4, 0.5) is 5.69 Å². The second-order valence-corrected chi connectivity index (χ2v) is 12.3. The first kappa shape index (κ1) is 33.0. The minimum absolute atomic E-state index is 0.00817. The van der Waals surface area contributed by atoms with Gasteiger partial charge in [-0.05, 0) is 62.2 Å². The monoisotopic (exact) mass is 635 g/mol. The van der Waals surface area contributed by atoms with Crippen molar-refractivity contribution < 1.29 is 27.5 Å². The van der Waals surface area contributed by atoms with Gasteiger partial charge in [0, 0.05) is 18.7 Å². The Labute approximate surface area is 257 Å². The molecule has 3 aromatic carbocycles. The molecule has 9 nitrogen and oxygen atoms in total. The van der Waals surface area contributed by atoms with Crippen molar-refractivity contribution in [3.05, 3.63) is 82.3 Å². The molecule has 0 bridgehead atoms. The van der Waals surface area contributed by atoms with Crippen LogP contribution < -0.4 is 19.1 Å². The Morgan fingerprint density at radius 1 is 0.905 bits per heavy atom. The summed E-state index contributed by atoms with van der Waals surface area (Å²) in [5.74, 6) is -0.311. The van der Waals surface area contributed by atoms with Crippen LogP contribution in [0.5, 0.6) is 11.5 Å². The van der Waals surface area contributed by atoms with Gasteiger partial charge in [0.1, 0.15) is 12.6 Å². The number of nitrogens with one attached hydrogen (secondary N) is 1. The average Bonchev–Trinajstić information content (AvgIpc) is 2.99. The van der Waals surface area contributed by atoms with Crippen LogP contribution in [0.25, 0.3) is 0 Å². The van der Waals surface area contributed by atoms with E-state index in [0.717, 1.165) is 4.31 Å². The number of rotatable bonds is 13. The lowest BCUT2D eigenvalue weighted by molar-refractivity contribution is -0.139. The molecule has 0 aromatic heterocycles. The average molecular weight is 637 g/mol. The lowest BCUT2D eigenvalue weighted by Gasteiger charge is -2.32. The fraction of sp³-hybridized carbons (Fsp3) is 0.333. The molecule has 0 radical (unpaired) electrons. The van der Waals surface area contributed by atoms with E-state index in [-0.39, 0.29) is 39.8 Å². The number of hydrogen-bond donors (Lipinski definition) is 1. The molecule has 2 amide bonds. The van der Waals surface area contributed by atoms with E-state index >= 15 is 0 Å². The van der Waals surface area contributed by atoms with Gasteiger partial charge >= 0.3 is 0 Å². The summed E-state index contributed by atoms with van der Waals surface area (Å²) in [6, 6.07) is 16.2. The molecule has 0 saturated heterocycles. The van der Waals surface area contributed by atoms with E-state index in [1.165, 1.54) is 43.4 Å². The van der Waals surface area contributed by atoms with E-state index in [1.54, 1.807) is 49.4 Å². The number of hydrogen-bond acceptors (Lipinski definition) is 6.